The molecule has 0 aromatic carbocycles. The fourth-order valence-corrected chi connectivity index (χ4v) is 0.807. The highest BCUT2D eigenvalue weighted by atomic mass is 16.5. The Hall–Kier alpha value is -1.40. The predicted molar refractivity (Wildman–Crippen MR) is 39.7 cm³/mol. The van der Waals surface area contributed by atoms with Crippen molar-refractivity contribution in [3.8, 4) is 6.07 Å². The number of rotatable bonds is 2. The van der Waals surface area contributed by atoms with E-state index in [0.29, 0.717) is 12.2 Å². The topological polar surface area (TPSA) is 45.9 Å². The second-order valence-corrected chi connectivity index (χ2v) is 2.08. The fourth-order valence-electron chi connectivity index (χ4n) is 0.807. The molecule has 0 fully saturated rings. The molecule has 11 heavy (non-hydrogen) atoms. The lowest BCUT2D eigenvalue weighted by Crippen LogP contribution is -1.92. The SMILES string of the molecule is COCc1cnccc1C#N. The molecule has 1 aromatic rings. The highest BCUT2D eigenvalue weighted by molar-refractivity contribution is 5.34. The summed E-state index contributed by atoms with van der Waals surface area (Å²) in [6.45, 7) is 0.441. The van der Waals surface area contributed by atoms with Crippen molar-refractivity contribution in [1.82, 2.24) is 4.98 Å². The molecule has 0 radical (unpaired) electrons. The van der Waals surface area contributed by atoms with Crippen LogP contribution in [-0.2, 0) is 11.3 Å². The van der Waals surface area contributed by atoms with Crippen LogP contribution >= 0.6 is 0 Å². The Balaban J connectivity index is 2.95. The van der Waals surface area contributed by atoms with E-state index in [1.807, 2.05) is 0 Å². The maximum atomic E-state index is 8.61. The average molecular weight is 148 g/mol. The smallest absolute Gasteiger partial charge is 0.0996 e. The van der Waals surface area contributed by atoms with Crippen LogP contribution in [0.15, 0.2) is 18.5 Å². The average Bonchev–Trinajstić information content (AvgIpc) is 2.06. The Morgan fingerprint density at radius 1 is 1.73 bits per heavy atom. The van der Waals surface area contributed by atoms with Gasteiger partial charge in [-0.2, -0.15) is 5.26 Å². The standard InChI is InChI=1S/C8H8N2O/c1-11-6-8-5-10-3-2-7(8)4-9/h2-3,5H,6H2,1H3. The van der Waals surface area contributed by atoms with Crippen molar-refractivity contribution in [3.63, 3.8) is 0 Å². The van der Waals surface area contributed by atoms with Crippen LogP contribution in [0.4, 0.5) is 0 Å². The number of nitriles is 1. The van der Waals surface area contributed by atoms with Gasteiger partial charge in [-0.25, -0.2) is 0 Å². The summed E-state index contributed by atoms with van der Waals surface area (Å²) in [6, 6.07) is 3.74. The van der Waals surface area contributed by atoms with Crippen LogP contribution in [-0.4, -0.2) is 12.1 Å². The lowest BCUT2D eigenvalue weighted by atomic mass is 10.2. The number of pyridine rings is 1. The van der Waals surface area contributed by atoms with Gasteiger partial charge in [-0.05, 0) is 6.07 Å². The van der Waals surface area contributed by atoms with Gasteiger partial charge in [-0.15, -0.1) is 0 Å². The molecule has 0 spiro atoms. The molecule has 0 amide bonds. The van der Waals surface area contributed by atoms with Gasteiger partial charge < -0.3 is 4.74 Å². The van der Waals surface area contributed by atoms with E-state index in [1.165, 1.54) is 0 Å². The van der Waals surface area contributed by atoms with Gasteiger partial charge in [-0.1, -0.05) is 0 Å². The molecule has 0 saturated carbocycles. The number of aromatic nitrogens is 1. The normalized spacial score (nSPS) is 9.09. The van der Waals surface area contributed by atoms with Gasteiger partial charge in [0.2, 0.25) is 0 Å². The van der Waals surface area contributed by atoms with Crippen LogP contribution in [0.1, 0.15) is 11.1 Å². The van der Waals surface area contributed by atoms with Crippen molar-refractivity contribution in [1.29, 1.82) is 5.26 Å². The molecule has 3 nitrogen and oxygen atoms in total. The molecule has 0 atom stereocenters. The van der Waals surface area contributed by atoms with Gasteiger partial charge >= 0.3 is 0 Å². The van der Waals surface area contributed by atoms with Crippen LogP contribution in [0.5, 0.6) is 0 Å². The van der Waals surface area contributed by atoms with Crippen LogP contribution in [0.3, 0.4) is 0 Å². The molecule has 0 bridgehead atoms. The summed E-state index contributed by atoms with van der Waals surface area (Å²) >= 11 is 0. The summed E-state index contributed by atoms with van der Waals surface area (Å²) in [5.41, 5.74) is 1.46. The molecule has 0 N–H and O–H groups in total. The summed E-state index contributed by atoms with van der Waals surface area (Å²) in [5.74, 6) is 0. The number of ether oxygens (including phenoxy) is 1. The van der Waals surface area contributed by atoms with E-state index in [0.717, 1.165) is 5.56 Å². The molecule has 0 aliphatic carbocycles. The maximum Gasteiger partial charge on any atom is 0.0996 e. The molecule has 0 aliphatic heterocycles. The van der Waals surface area contributed by atoms with Crippen molar-refractivity contribution < 1.29 is 4.74 Å². The maximum absolute atomic E-state index is 8.61. The lowest BCUT2D eigenvalue weighted by Gasteiger charge is -1.99. The summed E-state index contributed by atoms with van der Waals surface area (Å²) < 4.78 is 4.88. The Kier molecular flexibility index (Phi) is 2.59. The third kappa shape index (κ3) is 1.76. The summed E-state index contributed by atoms with van der Waals surface area (Å²) in [7, 11) is 1.59. The minimum Gasteiger partial charge on any atom is -0.380 e. The molecule has 0 saturated heterocycles. The third-order valence-corrected chi connectivity index (χ3v) is 1.32. The highest BCUT2D eigenvalue weighted by Crippen LogP contribution is 2.05. The van der Waals surface area contributed by atoms with Gasteiger partial charge in [0.25, 0.3) is 0 Å². The van der Waals surface area contributed by atoms with E-state index in [2.05, 4.69) is 11.1 Å². The highest BCUT2D eigenvalue weighted by Gasteiger charge is 1.98. The second kappa shape index (κ2) is 3.69. The first kappa shape index (κ1) is 7.70. The van der Waals surface area contributed by atoms with Crippen LogP contribution in [0.2, 0.25) is 0 Å². The molecule has 0 unspecified atom stereocenters. The fraction of sp³-hybridized carbons (Fsp3) is 0.250. The molecule has 1 rings (SSSR count). The largest absolute Gasteiger partial charge is 0.380 e. The monoisotopic (exact) mass is 148 g/mol. The zero-order valence-corrected chi connectivity index (χ0v) is 6.24. The van der Waals surface area contributed by atoms with E-state index in [-0.39, 0.29) is 0 Å². The first-order valence-electron chi connectivity index (χ1n) is 3.20. The van der Waals surface area contributed by atoms with E-state index >= 15 is 0 Å². The minimum atomic E-state index is 0.441. The Morgan fingerprint density at radius 3 is 3.18 bits per heavy atom. The molecule has 56 valence electrons. The van der Waals surface area contributed by atoms with E-state index in [4.69, 9.17) is 10.00 Å². The molecular weight excluding hydrogens is 140 g/mol. The van der Waals surface area contributed by atoms with Gasteiger partial charge in [0.15, 0.2) is 0 Å². The van der Waals surface area contributed by atoms with Gasteiger partial charge in [0.05, 0.1) is 18.2 Å². The summed E-state index contributed by atoms with van der Waals surface area (Å²) in [6.07, 6.45) is 3.24. The molecule has 3 heteroatoms. The van der Waals surface area contributed by atoms with Gasteiger partial charge in [0, 0.05) is 25.1 Å². The summed E-state index contributed by atoms with van der Waals surface area (Å²) in [4.78, 5) is 3.88. The molecule has 0 aliphatic rings. The second-order valence-electron chi connectivity index (χ2n) is 2.08. The zero-order chi connectivity index (χ0) is 8.10. The Labute approximate surface area is 65.3 Å². The van der Waals surface area contributed by atoms with Crippen LogP contribution in [0, 0.1) is 11.3 Å². The first-order valence-corrected chi connectivity index (χ1v) is 3.20. The van der Waals surface area contributed by atoms with Crippen LogP contribution < -0.4 is 0 Å². The lowest BCUT2D eigenvalue weighted by molar-refractivity contribution is 0.184. The third-order valence-electron chi connectivity index (χ3n) is 1.32. The van der Waals surface area contributed by atoms with Crippen LogP contribution in [0.25, 0.3) is 0 Å². The predicted octanol–water partition coefficient (Wildman–Crippen LogP) is 1.10. The first-order chi connectivity index (χ1) is 5.38. The Morgan fingerprint density at radius 2 is 2.55 bits per heavy atom. The van der Waals surface area contributed by atoms with Gasteiger partial charge in [-0.3, -0.25) is 4.98 Å². The minimum absolute atomic E-state index is 0.441. The number of nitrogens with zero attached hydrogens (tertiary/aromatic N) is 2. The van der Waals surface area contributed by atoms with Crippen molar-refractivity contribution in [2.24, 2.45) is 0 Å². The van der Waals surface area contributed by atoms with Crippen molar-refractivity contribution in [2.75, 3.05) is 7.11 Å². The van der Waals surface area contributed by atoms with E-state index in [9.17, 15) is 0 Å². The van der Waals surface area contributed by atoms with Crippen molar-refractivity contribution in [3.05, 3.63) is 29.6 Å². The quantitative estimate of drug-likeness (QED) is 0.630. The zero-order valence-electron chi connectivity index (χ0n) is 6.24. The Bertz CT molecular complexity index is 278. The van der Waals surface area contributed by atoms with Crippen molar-refractivity contribution in [2.45, 2.75) is 6.61 Å². The number of methoxy groups -OCH3 is 1. The van der Waals surface area contributed by atoms with E-state index in [1.54, 1.807) is 25.6 Å². The number of hydrogen-bond donors (Lipinski definition) is 0. The molecular formula is C8H8N2O. The molecule has 1 heterocycles. The van der Waals surface area contributed by atoms with Gasteiger partial charge in [0.1, 0.15) is 0 Å². The van der Waals surface area contributed by atoms with Crippen molar-refractivity contribution >= 4 is 0 Å². The number of hydrogen-bond acceptors (Lipinski definition) is 3. The summed E-state index contributed by atoms with van der Waals surface area (Å²) in [5, 5.41) is 8.61. The van der Waals surface area contributed by atoms with E-state index < -0.39 is 0 Å². The molecule has 1 aromatic heterocycles.